The van der Waals surface area contributed by atoms with E-state index >= 15 is 0 Å². The molecule has 0 aliphatic rings. The third-order valence-corrected chi connectivity index (χ3v) is 2.65. The number of nitrogens with zero attached hydrogens (tertiary/aromatic N) is 1. The Morgan fingerprint density at radius 2 is 2.17 bits per heavy atom. The molecule has 0 radical (unpaired) electrons. The summed E-state index contributed by atoms with van der Waals surface area (Å²) in [6.45, 7) is 4.16. The van der Waals surface area contributed by atoms with E-state index < -0.39 is 0 Å². The van der Waals surface area contributed by atoms with Gasteiger partial charge in [-0.3, -0.25) is 9.59 Å². The lowest BCUT2D eigenvalue weighted by atomic mass is 10.3. The molecular weight excluding hydrogens is 256 g/mol. The van der Waals surface area contributed by atoms with E-state index in [1.54, 1.807) is 16.8 Å². The van der Waals surface area contributed by atoms with Crippen molar-refractivity contribution in [2.75, 3.05) is 13.7 Å². The molecule has 0 unspecified atom stereocenters. The molecular formula is C12H17ClN2O3. The number of hydrogen-bond donors (Lipinski definition) is 1. The van der Waals surface area contributed by atoms with Crippen LogP contribution in [0, 0.1) is 0 Å². The van der Waals surface area contributed by atoms with Gasteiger partial charge in [0.05, 0.1) is 18.6 Å². The van der Waals surface area contributed by atoms with Gasteiger partial charge >= 0.3 is 5.97 Å². The zero-order chi connectivity index (χ0) is 13.7. The number of nitrogens with one attached hydrogen (secondary N) is 1. The summed E-state index contributed by atoms with van der Waals surface area (Å²) in [7, 11) is 1.31. The summed E-state index contributed by atoms with van der Waals surface area (Å²) in [5.74, 6) is -0.605. The van der Waals surface area contributed by atoms with E-state index in [-0.39, 0.29) is 30.9 Å². The molecule has 18 heavy (non-hydrogen) atoms. The fourth-order valence-electron chi connectivity index (χ4n) is 1.53. The zero-order valence-corrected chi connectivity index (χ0v) is 11.5. The van der Waals surface area contributed by atoms with E-state index in [0.717, 1.165) is 0 Å². The van der Waals surface area contributed by atoms with Crippen molar-refractivity contribution < 1.29 is 14.3 Å². The lowest BCUT2D eigenvalue weighted by Crippen LogP contribution is -2.28. The van der Waals surface area contributed by atoms with E-state index in [1.165, 1.54) is 7.11 Å². The second-order valence-corrected chi connectivity index (χ2v) is 4.56. The Hall–Kier alpha value is -1.49. The summed E-state index contributed by atoms with van der Waals surface area (Å²) in [5, 5.41) is 3.17. The van der Waals surface area contributed by atoms with Gasteiger partial charge in [0.1, 0.15) is 5.69 Å². The summed E-state index contributed by atoms with van der Waals surface area (Å²) < 4.78 is 6.27. The van der Waals surface area contributed by atoms with Gasteiger partial charge in [0, 0.05) is 18.8 Å². The summed E-state index contributed by atoms with van der Waals surface area (Å²) in [5.41, 5.74) is 0.486. The SMILES string of the molecule is COC(=O)CCNC(=O)c1cc(Cl)cn1C(C)C. The number of aromatic nitrogens is 1. The third-order valence-electron chi connectivity index (χ3n) is 2.45. The number of esters is 1. The van der Waals surface area contributed by atoms with Crippen molar-refractivity contribution in [3.63, 3.8) is 0 Å². The smallest absolute Gasteiger partial charge is 0.307 e. The maximum absolute atomic E-state index is 11.9. The van der Waals surface area contributed by atoms with Crippen LogP contribution >= 0.6 is 11.6 Å². The van der Waals surface area contributed by atoms with Crippen LogP contribution in [-0.4, -0.2) is 30.1 Å². The molecule has 1 rings (SSSR count). The highest BCUT2D eigenvalue weighted by molar-refractivity contribution is 6.31. The van der Waals surface area contributed by atoms with E-state index in [2.05, 4.69) is 10.1 Å². The molecule has 0 aromatic carbocycles. The largest absolute Gasteiger partial charge is 0.469 e. The van der Waals surface area contributed by atoms with Crippen molar-refractivity contribution in [1.82, 2.24) is 9.88 Å². The van der Waals surface area contributed by atoms with Gasteiger partial charge in [0.15, 0.2) is 0 Å². The van der Waals surface area contributed by atoms with Gasteiger partial charge in [0.2, 0.25) is 0 Å². The second kappa shape index (κ2) is 6.44. The quantitative estimate of drug-likeness (QED) is 0.834. The van der Waals surface area contributed by atoms with Crippen molar-refractivity contribution in [3.05, 3.63) is 23.0 Å². The number of halogens is 1. The number of hydrogen-bond acceptors (Lipinski definition) is 3. The van der Waals surface area contributed by atoms with Crippen LogP contribution < -0.4 is 5.32 Å². The van der Waals surface area contributed by atoms with E-state index in [4.69, 9.17) is 11.6 Å². The lowest BCUT2D eigenvalue weighted by molar-refractivity contribution is -0.140. The van der Waals surface area contributed by atoms with Gasteiger partial charge in [-0.1, -0.05) is 11.6 Å². The first kappa shape index (κ1) is 14.6. The molecule has 0 saturated carbocycles. The average Bonchev–Trinajstić information content (AvgIpc) is 2.71. The molecule has 1 heterocycles. The molecule has 5 nitrogen and oxygen atoms in total. The molecule has 1 N–H and O–H groups in total. The van der Waals surface area contributed by atoms with E-state index in [1.807, 2.05) is 13.8 Å². The Morgan fingerprint density at radius 1 is 1.50 bits per heavy atom. The minimum atomic E-state index is -0.354. The predicted molar refractivity (Wildman–Crippen MR) is 68.8 cm³/mol. The van der Waals surface area contributed by atoms with E-state index in [9.17, 15) is 9.59 Å². The molecule has 6 heteroatoms. The summed E-state index contributed by atoms with van der Waals surface area (Å²) in [4.78, 5) is 22.8. The zero-order valence-electron chi connectivity index (χ0n) is 10.7. The Bertz CT molecular complexity index is 441. The van der Waals surface area contributed by atoms with Crippen LogP contribution in [-0.2, 0) is 9.53 Å². The summed E-state index contributed by atoms with van der Waals surface area (Å²) in [6.07, 6.45) is 1.86. The minimum absolute atomic E-state index is 0.138. The van der Waals surface area contributed by atoms with Crippen LogP contribution in [0.15, 0.2) is 12.3 Å². The van der Waals surface area contributed by atoms with Crippen LogP contribution in [0.3, 0.4) is 0 Å². The fraction of sp³-hybridized carbons (Fsp3) is 0.500. The number of carbonyl (C=O) groups is 2. The van der Waals surface area contributed by atoms with Crippen LogP contribution in [0.1, 0.15) is 36.8 Å². The molecule has 0 aliphatic heterocycles. The van der Waals surface area contributed by atoms with Crippen molar-refractivity contribution in [2.45, 2.75) is 26.3 Å². The molecule has 0 fully saturated rings. The van der Waals surface area contributed by atoms with E-state index in [0.29, 0.717) is 10.7 Å². The predicted octanol–water partition coefficient (Wildman–Crippen LogP) is 2.02. The molecule has 100 valence electrons. The highest BCUT2D eigenvalue weighted by Gasteiger charge is 2.15. The van der Waals surface area contributed by atoms with Gasteiger partial charge in [-0.25, -0.2) is 0 Å². The molecule has 0 aliphatic carbocycles. The number of ether oxygens (including phenoxy) is 1. The normalized spacial score (nSPS) is 10.5. The van der Waals surface area contributed by atoms with Gasteiger partial charge in [0.25, 0.3) is 5.91 Å². The molecule has 0 spiro atoms. The maximum atomic E-state index is 11.9. The van der Waals surface area contributed by atoms with Gasteiger partial charge in [-0.15, -0.1) is 0 Å². The van der Waals surface area contributed by atoms with Crippen LogP contribution in [0.25, 0.3) is 0 Å². The van der Waals surface area contributed by atoms with Crippen molar-refractivity contribution in [1.29, 1.82) is 0 Å². The Morgan fingerprint density at radius 3 is 2.72 bits per heavy atom. The first-order valence-corrected chi connectivity index (χ1v) is 6.06. The molecule has 0 atom stereocenters. The highest BCUT2D eigenvalue weighted by Crippen LogP contribution is 2.18. The monoisotopic (exact) mass is 272 g/mol. The van der Waals surface area contributed by atoms with Crippen LogP contribution in [0.4, 0.5) is 0 Å². The number of carbonyl (C=O) groups excluding carboxylic acids is 2. The first-order valence-electron chi connectivity index (χ1n) is 5.68. The Balaban J connectivity index is 2.64. The van der Waals surface area contributed by atoms with Crippen molar-refractivity contribution in [2.24, 2.45) is 0 Å². The molecule has 1 aromatic heterocycles. The first-order chi connectivity index (χ1) is 8.45. The topological polar surface area (TPSA) is 60.3 Å². The third kappa shape index (κ3) is 3.77. The Labute approximate surface area is 111 Å². The fourth-order valence-corrected chi connectivity index (χ4v) is 1.73. The molecule has 1 amide bonds. The van der Waals surface area contributed by atoms with Crippen molar-refractivity contribution in [3.8, 4) is 0 Å². The summed E-state index contributed by atoms with van der Waals surface area (Å²) in [6, 6.07) is 1.74. The molecule has 0 saturated heterocycles. The Kier molecular flexibility index (Phi) is 5.22. The number of amides is 1. The molecule has 0 bridgehead atoms. The average molecular weight is 273 g/mol. The van der Waals surface area contributed by atoms with Gasteiger partial charge in [-0.05, 0) is 19.9 Å². The number of methoxy groups -OCH3 is 1. The second-order valence-electron chi connectivity index (χ2n) is 4.13. The van der Waals surface area contributed by atoms with Gasteiger partial charge < -0.3 is 14.6 Å². The van der Waals surface area contributed by atoms with Crippen molar-refractivity contribution >= 4 is 23.5 Å². The summed E-state index contributed by atoms with van der Waals surface area (Å²) >= 11 is 5.89. The highest BCUT2D eigenvalue weighted by atomic mass is 35.5. The standard InChI is InChI=1S/C12H17ClN2O3/c1-8(2)15-7-9(13)6-10(15)12(17)14-5-4-11(16)18-3/h6-8H,4-5H2,1-3H3,(H,14,17). The lowest BCUT2D eigenvalue weighted by Gasteiger charge is -2.12. The van der Waals surface area contributed by atoms with Crippen LogP contribution in [0.5, 0.6) is 0 Å². The van der Waals surface area contributed by atoms with Crippen LogP contribution in [0.2, 0.25) is 5.02 Å². The minimum Gasteiger partial charge on any atom is -0.469 e. The molecule has 1 aromatic rings. The van der Waals surface area contributed by atoms with Gasteiger partial charge in [-0.2, -0.15) is 0 Å². The number of rotatable bonds is 5. The maximum Gasteiger partial charge on any atom is 0.307 e.